The highest BCUT2D eigenvalue weighted by molar-refractivity contribution is 5.81. The number of carbonyl (C=O) groups excluding carboxylic acids is 1. The molecule has 0 saturated carbocycles. The molecule has 1 unspecified atom stereocenters. The molecule has 18 heavy (non-hydrogen) atoms. The lowest BCUT2D eigenvalue weighted by Gasteiger charge is -2.16. The molecule has 0 heterocycles. The van der Waals surface area contributed by atoms with Crippen molar-refractivity contribution in [2.45, 2.75) is 6.04 Å². The molecule has 0 aliphatic rings. The third kappa shape index (κ3) is 3.44. The molecular weight excluding hydrogens is 249 g/mol. The van der Waals surface area contributed by atoms with E-state index in [-0.39, 0.29) is 18.7 Å². The van der Waals surface area contributed by atoms with Crippen LogP contribution in [0.3, 0.4) is 0 Å². The van der Waals surface area contributed by atoms with Gasteiger partial charge in [0.15, 0.2) is 11.6 Å². The van der Waals surface area contributed by atoms with Crippen molar-refractivity contribution in [1.82, 2.24) is 5.32 Å². The zero-order valence-electron chi connectivity index (χ0n) is 9.67. The summed E-state index contributed by atoms with van der Waals surface area (Å²) in [4.78, 5) is 11.2. The molecule has 1 rings (SSSR count). The second kappa shape index (κ2) is 6.36. The van der Waals surface area contributed by atoms with Crippen molar-refractivity contribution in [1.29, 1.82) is 0 Å². The minimum absolute atomic E-state index is 0.211. The van der Waals surface area contributed by atoms with Crippen LogP contribution in [0.5, 0.6) is 0 Å². The number of primary amides is 1. The summed E-state index contributed by atoms with van der Waals surface area (Å²) < 4.78 is 44.0. The second-order valence-electron chi connectivity index (χ2n) is 3.57. The molecule has 0 aromatic heterocycles. The first kappa shape index (κ1) is 14.5. The molecule has 1 amide bonds. The summed E-state index contributed by atoms with van der Waals surface area (Å²) >= 11 is 0. The molecule has 1 aromatic rings. The van der Waals surface area contributed by atoms with Crippen molar-refractivity contribution < 1.29 is 22.7 Å². The zero-order chi connectivity index (χ0) is 13.7. The SMILES string of the molecule is COCCNC(C(N)=O)c1cc(F)c(F)cc1F. The fraction of sp³-hybridized carbons (Fsp3) is 0.364. The number of amides is 1. The number of methoxy groups -OCH3 is 1. The van der Waals surface area contributed by atoms with Crippen molar-refractivity contribution in [3.8, 4) is 0 Å². The van der Waals surface area contributed by atoms with E-state index in [4.69, 9.17) is 10.5 Å². The first-order valence-electron chi connectivity index (χ1n) is 5.13. The van der Waals surface area contributed by atoms with Crippen LogP contribution in [0.2, 0.25) is 0 Å². The Morgan fingerprint density at radius 1 is 1.33 bits per heavy atom. The molecule has 0 radical (unpaired) electrons. The highest BCUT2D eigenvalue weighted by atomic mass is 19.2. The number of ether oxygens (including phenoxy) is 1. The van der Waals surface area contributed by atoms with Gasteiger partial charge in [-0.1, -0.05) is 0 Å². The van der Waals surface area contributed by atoms with Crippen LogP contribution < -0.4 is 11.1 Å². The molecule has 3 N–H and O–H groups in total. The van der Waals surface area contributed by atoms with Gasteiger partial charge in [0.05, 0.1) is 6.61 Å². The van der Waals surface area contributed by atoms with Gasteiger partial charge in [-0.05, 0) is 6.07 Å². The number of hydrogen-bond acceptors (Lipinski definition) is 3. The largest absolute Gasteiger partial charge is 0.383 e. The van der Waals surface area contributed by atoms with Gasteiger partial charge in [0, 0.05) is 25.3 Å². The molecule has 0 fully saturated rings. The van der Waals surface area contributed by atoms with E-state index >= 15 is 0 Å². The van der Waals surface area contributed by atoms with Gasteiger partial charge in [-0.15, -0.1) is 0 Å². The van der Waals surface area contributed by atoms with E-state index < -0.39 is 29.4 Å². The monoisotopic (exact) mass is 262 g/mol. The highest BCUT2D eigenvalue weighted by Gasteiger charge is 2.22. The molecule has 0 aliphatic carbocycles. The molecule has 1 aromatic carbocycles. The molecule has 7 heteroatoms. The van der Waals surface area contributed by atoms with E-state index in [1.165, 1.54) is 7.11 Å². The summed E-state index contributed by atoms with van der Waals surface area (Å²) in [5, 5.41) is 2.60. The Labute approximate surface area is 102 Å². The predicted octanol–water partition coefficient (Wildman–Crippen LogP) is 0.866. The van der Waals surface area contributed by atoms with Gasteiger partial charge in [0.2, 0.25) is 5.91 Å². The van der Waals surface area contributed by atoms with Gasteiger partial charge in [0.25, 0.3) is 0 Å². The highest BCUT2D eigenvalue weighted by Crippen LogP contribution is 2.20. The van der Waals surface area contributed by atoms with Crippen LogP contribution in [0.4, 0.5) is 13.2 Å². The average molecular weight is 262 g/mol. The summed E-state index contributed by atoms with van der Waals surface area (Å²) in [6.45, 7) is 0.470. The van der Waals surface area contributed by atoms with Gasteiger partial charge in [-0.3, -0.25) is 10.1 Å². The zero-order valence-corrected chi connectivity index (χ0v) is 9.67. The summed E-state index contributed by atoms with van der Waals surface area (Å²) in [5.74, 6) is -4.50. The van der Waals surface area contributed by atoms with E-state index in [2.05, 4.69) is 5.32 Å². The summed E-state index contributed by atoms with van der Waals surface area (Å²) in [6.07, 6.45) is 0. The van der Waals surface area contributed by atoms with Crippen LogP contribution in [0.25, 0.3) is 0 Å². The molecule has 1 atom stereocenters. The molecule has 0 bridgehead atoms. The topological polar surface area (TPSA) is 64.3 Å². The fourth-order valence-corrected chi connectivity index (χ4v) is 1.43. The maximum atomic E-state index is 13.5. The Morgan fingerprint density at radius 2 is 1.94 bits per heavy atom. The molecule has 100 valence electrons. The number of carbonyl (C=O) groups is 1. The lowest BCUT2D eigenvalue weighted by molar-refractivity contribution is -0.120. The Morgan fingerprint density at radius 3 is 2.50 bits per heavy atom. The van der Waals surface area contributed by atoms with E-state index in [0.29, 0.717) is 12.1 Å². The third-order valence-corrected chi connectivity index (χ3v) is 2.29. The number of rotatable bonds is 6. The van der Waals surface area contributed by atoms with Crippen LogP contribution in [-0.4, -0.2) is 26.2 Å². The van der Waals surface area contributed by atoms with Gasteiger partial charge in [-0.2, -0.15) is 0 Å². The number of benzene rings is 1. The molecule has 4 nitrogen and oxygen atoms in total. The molecule has 0 saturated heterocycles. The van der Waals surface area contributed by atoms with Crippen LogP contribution in [0.1, 0.15) is 11.6 Å². The molecular formula is C11H13F3N2O2. The summed E-state index contributed by atoms with van der Waals surface area (Å²) in [5.41, 5.74) is 4.75. The summed E-state index contributed by atoms with van der Waals surface area (Å²) in [7, 11) is 1.44. The minimum atomic E-state index is -1.32. The van der Waals surface area contributed by atoms with Gasteiger partial charge < -0.3 is 10.5 Å². The first-order valence-corrected chi connectivity index (χ1v) is 5.13. The Bertz CT molecular complexity index is 441. The fourth-order valence-electron chi connectivity index (χ4n) is 1.43. The predicted molar refractivity (Wildman–Crippen MR) is 58.1 cm³/mol. The van der Waals surface area contributed by atoms with E-state index in [1.54, 1.807) is 0 Å². The van der Waals surface area contributed by atoms with Gasteiger partial charge >= 0.3 is 0 Å². The lowest BCUT2D eigenvalue weighted by Crippen LogP contribution is -2.36. The minimum Gasteiger partial charge on any atom is -0.383 e. The second-order valence-corrected chi connectivity index (χ2v) is 3.57. The number of nitrogens with one attached hydrogen (secondary N) is 1. The average Bonchev–Trinajstić information content (AvgIpc) is 2.30. The normalized spacial score (nSPS) is 12.4. The Kier molecular flexibility index (Phi) is 5.11. The van der Waals surface area contributed by atoms with Gasteiger partial charge in [0.1, 0.15) is 11.9 Å². The number of halogens is 3. The lowest BCUT2D eigenvalue weighted by atomic mass is 10.1. The van der Waals surface area contributed by atoms with Crippen LogP contribution in [-0.2, 0) is 9.53 Å². The van der Waals surface area contributed by atoms with Crippen molar-refractivity contribution in [3.05, 3.63) is 35.1 Å². The molecule has 0 aliphatic heterocycles. The van der Waals surface area contributed by atoms with E-state index in [0.717, 1.165) is 0 Å². The summed E-state index contributed by atoms with van der Waals surface area (Å²) in [6, 6.07) is -0.256. The van der Waals surface area contributed by atoms with E-state index in [1.807, 2.05) is 0 Å². The first-order chi connectivity index (χ1) is 8.47. The van der Waals surface area contributed by atoms with Gasteiger partial charge in [-0.25, -0.2) is 13.2 Å². The Balaban J connectivity index is 2.98. The number of nitrogens with two attached hydrogens (primary N) is 1. The Hall–Kier alpha value is -1.60. The maximum absolute atomic E-state index is 13.5. The number of hydrogen-bond donors (Lipinski definition) is 2. The van der Waals surface area contributed by atoms with Crippen LogP contribution in [0.15, 0.2) is 12.1 Å². The third-order valence-electron chi connectivity index (χ3n) is 2.29. The van der Waals surface area contributed by atoms with Crippen molar-refractivity contribution >= 4 is 5.91 Å². The van der Waals surface area contributed by atoms with Crippen LogP contribution in [0, 0.1) is 17.5 Å². The van der Waals surface area contributed by atoms with Crippen molar-refractivity contribution in [3.63, 3.8) is 0 Å². The van der Waals surface area contributed by atoms with Crippen LogP contribution >= 0.6 is 0 Å². The molecule has 0 spiro atoms. The quantitative estimate of drug-likeness (QED) is 0.590. The standard InChI is InChI=1S/C11H13F3N2O2/c1-18-3-2-16-10(11(15)17)6-4-8(13)9(14)5-7(6)12/h4-5,10,16H,2-3H2,1H3,(H2,15,17). The smallest absolute Gasteiger partial charge is 0.239 e. The van der Waals surface area contributed by atoms with E-state index in [9.17, 15) is 18.0 Å². The van der Waals surface area contributed by atoms with Crippen molar-refractivity contribution in [2.75, 3.05) is 20.3 Å². The maximum Gasteiger partial charge on any atom is 0.239 e. The van der Waals surface area contributed by atoms with Crippen molar-refractivity contribution in [2.24, 2.45) is 5.73 Å².